The van der Waals surface area contributed by atoms with E-state index in [0.717, 1.165) is 6.07 Å². The van der Waals surface area contributed by atoms with Gasteiger partial charge in [-0.1, -0.05) is 34.4 Å². The molecule has 5 unspecified atom stereocenters. The summed E-state index contributed by atoms with van der Waals surface area (Å²) in [5.41, 5.74) is -0.753. The van der Waals surface area contributed by atoms with Gasteiger partial charge in [-0.15, -0.1) is 11.3 Å². The number of rotatable bonds is 9. The van der Waals surface area contributed by atoms with E-state index in [9.17, 15) is 23.1 Å². The highest BCUT2D eigenvalue weighted by Gasteiger charge is 2.61. The van der Waals surface area contributed by atoms with Crippen molar-refractivity contribution in [3.63, 3.8) is 0 Å². The fourth-order valence-electron chi connectivity index (χ4n) is 6.58. The Morgan fingerprint density at radius 2 is 1.91 bits per heavy atom. The number of carbonyl (C=O) groups is 1. The van der Waals surface area contributed by atoms with E-state index in [-0.39, 0.29) is 76.0 Å². The van der Waals surface area contributed by atoms with Crippen LogP contribution in [-0.2, 0) is 17.8 Å². The monoisotopic (exact) mass is 654 g/mol. The molecule has 2 aromatic carbocycles. The van der Waals surface area contributed by atoms with Crippen LogP contribution in [0, 0.1) is 23.6 Å². The Balaban J connectivity index is 1.03. The summed E-state index contributed by atoms with van der Waals surface area (Å²) in [5.74, 6) is -5.30. The van der Waals surface area contributed by atoms with Crippen LogP contribution < -0.4 is 0 Å². The van der Waals surface area contributed by atoms with Crippen LogP contribution >= 0.6 is 34.5 Å². The summed E-state index contributed by atoms with van der Waals surface area (Å²) >= 11 is 14.0. The molecule has 226 valence electrons. The van der Waals surface area contributed by atoms with Crippen molar-refractivity contribution in [2.24, 2.45) is 17.8 Å². The molecule has 0 spiro atoms. The number of ether oxygens (including phenoxy) is 1. The number of carboxylic acid groups (broad SMARTS) is 1. The normalized spacial score (nSPS) is 27.3. The third-order valence-electron chi connectivity index (χ3n) is 8.95. The number of alkyl halides is 3. The van der Waals surface area contributed by atoms with Crippen LogP contribution in [0.2, 0.25) is 10.0 Å². The number of carboxylic acids is 1. The van der Waals surface area contributed by atoms with Crippen LogP contribution in [0.3, 0.4) is 0 Å². The molecule has 2 heterocycles. The Morgan fingerprint density at radius 3 is 2.60 bits per heavy atom. The first-order valence-corrected chi connectivity index (χ1v) is 15.4. The number of hydrogen-bond donors (Lipinski definition) is 1. The van der Waals surface area contributed by atoms with E-state index >= 15 is 4.39 Å². The van der Waals surface area contributed by atoms with Crippen LogP contribution in [0.4, 0.5) is 17.6 Å². The van der Waals surface area contributed by atoms with Crippen molar-refractivity contribution in [2.45, 2.75) is 56.2 Å². The summed E-state index contributed by atoms with van der Waals surface area (Å²) in [6, 6.07) is 7.24. The molecule has 6 nitrogen and oxygen atoms in total. The van der Waals surface area contributed by atoms with Gasteiger partial charge in [0.25, 0.3) is 5.92 Å². The van der Waals surface area contributed by atoms with Crippen molar-refractivity contribution in [1.29, 1.82) is 0 Å². The number of benzene rings is 2. The molecule has 7 rings (SSSR count). The molecular weight excluding hydrogens is 631 g/mol. The van der Waals surface area contributed by atoms with Gasteiger partial charge in [-0.3, -0.25) is 0 Å². The first-order valence-electron chi connectivity index (χ1n) is 13.8. The fourth-order valence-corrected chi connectivity index (χ4v) is 8.24. The third kappa shape index (κ3) is 5.32. The zero-order valence-corrected chi connectivity index (χ0v) is 24.7. The van der Waals surface area contributed by atoms with Gasteiger partial charge < -0.3 is 14.4 Å². The van der Waals surface area contributed by atoms with Gasteiger partial charge >= 0.3 is 5.97 Å². The van der Waals surface area contributed by atoms with Gasteiger partial charge in [-0.2, -0.15) is 0 Å². The van der Waals surface area contributed by atoms with Crippen LogP contribution in [0.1, 0.15) is 58.3 Å². The molecule has 13 heteroatoms. The highest BCUT2D eigenvalue weighted by Crippen LogP contribution is 2.60. The second-order valence-corrected chi connectivity index (χ2v) is 13.7. The van der Waals surface area contributed by atoms with Gasteiger partial charge in [0.1, 0.15) is 16.9 Å². The number of fused-ring (bicyclic) bond motifs is 2. The first kappa shape index (κ1) is 29.0. The molecule has 43 heavy (non-hydrogen) atoms. The minimum absolute atomic E-state index is 0.00222. The molecule has 3 aliphatic carbocycles. The van der Waals surface area contributed by atoms with E-state index in [1.165, 1.54) is 17.4 Å². The van der Waals surface area contributed by atoms with Gasteiger partial charge in [-0.05, 0) is 61.3 Å². The lowest BCUT2D eigenvalue weighted by Crippen LogP contribution is -2.33. The number of thiazole rings is 1. The molecule has 4 aromatic rings. The Hall–Kier alpha value is -2.73. The summed E-state index contributed by atoms with van der Waals surface area (Å²) in [6.45, 7) is -0.421. The number of nitrogens with zero attached hydrogens (tertiary/aromatic N) is 2. The Kier molecular flexibility index (Phi) is 7.03. The van der Waals surface area contributed by atoms with E-state index in [1.54, 1.807) is 18.2 Å². The predicted molar refractivity (Wildman–Crippen MR) is 152 cm³/mol. The zero-order chi connectivity index (χ0) is 30.3. The minimum Gasteiger partial charge on any atom is -0.478 e. The van der Waals surface area contributed by atoms with E-state index in [0.29, 0.717) is 40.5 Å². The molecule has 5 atom stereocenters. The van der Waals surface area contributed by atoms with Gasteiger partial charge in [0.05, 0.1) is 44.4 Å². The lowest BCUT2D eigenvalue weighted by Gasteiger charge is -2.28. The summed E-state index contributed by atoms with van der Waals surface area (Å²) in [5, 5.41) is 14.5. The van der Waals surface area contributed by atoms with E-state index in [1.807, 2.05) is 0 Å². The number of hydrogen-bond acceptors (Lipinski definition) is 6. The van der Waals surface area contributed by atoms with E-state index in [2.05, 4.69) is 10.1 Å². The summed E-state index contributed by atoms with van der Waals surface area (Å²) in [4.78, 5) is 15.7. The maximum atomic E-state index is 16.0. The third-order valence-corrected chi connectivity index (χ3v) is 10.6. The van der Waals surface area contributed by atoms with Crippen molar-refractivity contribution in [2.75, 3.05) is 6.61 Å². The fraction of sp³-hybridized carbons (Fsp3) is 0.433. The second-order valence-electron chi connectivity index (χ2n) is 11.8. The molecule has 0 amide bonds. The molecule has 1 N–H and O–H groups in total. The van der Waals surface area contributed by atoms with Crippen LogP contribution in [0.25, 0.3) is 21.5 Å². The average molecular weight is 655 g/mol. The van der Waals surface area contributed by atoms with Crippen LogP contribution in [0.5, 0.6) is 0 Å². The number of aromatic carboxylic acids is 1. The molecule has 3 saturated carbocycles. The Morgan fingerprint density at radius 1 is 1.16 bits per heavy atom. The van der Waals surface area contributed by atoms with E-state index < -0.39 is 29.3 Å². The van der Waals surface area contributed by atoms with Crippen molar-refractivity contribution < 1.29 is 36.7 Å². The molecule has 3 fully saturated rings. The Labute approximate surface area is 256 Å². The molecule has 0 radical (unpaired) electrons. The summed E-state index contributed by atoms with van der Waals surface area (Å²) in [6.07, 6.45) is 1.43. The predicted octanol–water partition coefficient (Wildman–Crippen LogP) is 8.73. The molecule has 0 aliphatic heterocycles. The quantitative estimate of drug-likeness (QED) is 0.182. The number of aromatic nitrogens is 2. The van der Waals surface area contributed by atoms with Crippen molar-refractivity contribution in [3.05, 3.63) is 68.1 Å². The maximum Gasteiger partial charge on any atom is 0.335 e. The van der Waals surface area contributed by atoms with Crippen molar-refractivity contribution in [1.82, 2.24) is 10.1 Å². The van der Waals surface area contributed by atoms with Gasteiger partial charge in [-0.25, -0.2) is 27.3 Å². The highest BCUT2D eigenvalue weighted by atomic mass is 35.5. The number of halogens is 6. The average Bonchev–Trinajstić information content (AvgIpc) is 3.60. The summed E-state index contributed by atoms with van der Waals surface area (Å²) in [7, 11) is 0. The first-order chi connectivity index (χ1) is 20.4. The molecule has 3 aliphatic rings. The molecule has 0 saturated heterocycles. The molecule has 0 bridgehead atoms. The highest BCUT2D eigenvalue weighted by molar-refractivity contribution is 7.18. The zero-order valence-electron chi connectivity index (χ0n) is 22.4. The second kappa shape index (κ2) is 10.4. The van der Waals surface area contributed by atoms with Crippen LogP contribution in [0.15, 0.2) is 34.9 Å². The van der Waals surface area contributed by atoms with Gasteiger partial charge in [0, 0.05) is 24.0 Å². The van der Waals surface area contributed by atoms with Crippen molar-refractivity contribution in [3.8, 4) is 11.3 Å². The molecule has 2 aromatic heterocycles. The standard InChI is InChI=1S/C30H24Cl2F4N2O4S/c31-19-2-1-3-20(32)24(19)25-17(27(42-38-25)18-10-30(18,35)36)11-41-12-29(34)5-4-14-15(16(14)9-29)8-23-37-26-21(33)6-13(28(39)40)7-22(26)43-23/h1-3,6-7,14-16,18H,4-5,8-12H2,(H,39,40). The minimum atomic E-state index is -2.91. The van der Waals surface area contributed by atoms with Gasteiger partial charge in [0.15, 0.2) is 11.6 Å². The summed E-state index contributed by atoms with van der Waals surface area (Å²) < 4.78 is 70.1. The topological polar surface area (TPSA) is 85.5 Å². The Bertz CT molecular complexity index is 1740. The maximum absolute atomic E-state index is 16.0. The SMILES string of the molecule is O=C(O)c1cc(F)c2nc(CC3C4CCC(F)(COCc5c(-c6c(Cl)cccc6Cl)noc5C5CC5(F)F)CC43)sc2c1. The smallest absolute Gasteiger partial charge is 0.335 e. The lowest BCUT2D eigenvalue weighted by molar-refractivity contribution is -0.0177. The van der Waals surface area contributed by atoms with Crippen LogP contribution in [-0.4, -0.2) is 39.4 Å². The molecular formula is C30H24Cl2F4N2O4S. The van der Waals surface area contributed by atoms with E-state index in [4.69, 9.17) is 32.5 Å². The largest absolute Gasteiger partial charge is 0.478 e. The van der Waals surface area contributed by atoms with Gasteiger partial charge in [0.2, 0.25) is 0 Å². The lowest BCUT2D eigenvalue weighted by atomic mass is 9.87. The van der Waals surface area contributed by atoms with Crippen molar-refractivity contribution >= 4 is 50.7 Å².